The molecule has 116 valence electrons. The van der Waals surface area contributed by atoms with Crippen molar-refractivity contribution in [1.82, 2.24) is 30.0 Å². The van der Waals surface area contributed by atoms with Gasteiger partial charge in [-0.25, -0.2) is 19.3 Å². The monoisotopic (exact) mass is 305 g/mol. The summed E-state index contributed by atoms with van der Waals surface area (Å²) >= 11 is 0. The van der Waals surface area contributed by atoms with E-state index >= 15 is 0 Å². The normalized spacial score (nSPS) is 21.1. The molecule has 0 bridgehead atoms. The fraction of sp³-hybridized carbons (Fsp3) is 0.462. The first kappa shape index (κ1) is 14.4. The summed E-state index contributed by atoms with van der Waals surface area (Å²) in [4.78, 5) is 27.4. The van der Waals surface area contributed by atoms with Crippen molar-refractivity contribution in [2.24, 2.45) is 0 Å². The molecule has 1 aliphatic heterocycles. The molecule has 22 heavy (non-hydrogen) atoms. The molecule has 1 amide bonds. The van der Waals surface area contributed by atoms with Crippen LogP contribution in [0.5, 0.6) is 0 Å². The van der Waals surface area contributed by atoms with E-state index in [-0.39, 0.29) is 24.3 Å². The van der Waals surface area contributed by atoms with E-state index in [9.17, 15) is 9.18 Å². The highest BCUT2D eigenvalue weighted by molar-refractivity contribution is 5.90. The van der Waals surface area contributed by atoms with Crippen molar-refractivity contribution in [3.05, 3.63) is 30.7 Å². The van der Waals surface area contributed by atoms with Crippen LogP contribution in [0.2, 0.25) is 0 Å². The third kappa shape index (κ3) is 2.87. The van der Waals surface area contributed by atoms with Gasteiger partial charge >= 0.3 is 0 Å². The van der Waals surface area contributed by atoms with Crippen LogP contribution in [0.25, 0.3) is 0 Å². The molecule has 0 saturated carbocycles. The summed E-state index contributed by atoms with van der Waals surface area (Å²) < 4.78 is 13.8. The molecule has 8 nitrogen and oxygen atoms in total. The van der Waals surface area contributed by atoms with Gasteiger partial charge in [-0.3, -0.25) is 9.89 Å². The Morgan fingerprint density at radius 1 is 1.50 bits per heavy atom. The van der Waals surface area contributed by atoms with Gasteiger partial charge < -0.3 is 9.80 Å². The number of nitrogens with zero attached hydrogens (tertiary/aromatic N) is 6. The van der Waals surface area contributed by atoms with Crippen LogP contribution in [0, 0.1) is 0 Å². The molecule has 0 spiro atoms. The zero-order valence-corrected chi connectivity index (χ0v) is 12.1. The number of aromatic nitrogens is 5. The summed E-state index contributed by atoms with van der Waals surface area (Å²) in [7, 11) is 1.66. The molecule has 3 heterocycles. The third-order valence-corrected chi connectivity index (χ3v) is 3.67. The van der Waals surface area contributed by atoms with Crippen LogP contribution in [0.3, 0.4) is 0 Å². The number of carbonyl (C=O) groups excluding carboxylic acids is 1. The molecule has 2 aromatic heterocycles. The van der Waals surface area contributed by atoms with Crippen LogP contribution in [0.4, 0.5) is 10.2 Å². The predicted molar refractivity (Wildman–Crippen MR) is 76.0 cm³/mol. The number of hydrogen-bond donors (Lipinski definition) is 1. The number of halogens is 1. The Labute approximate surface area is 126 Å². The number of alkyl halides is 1. The summed E-state index contributed by atoms with van der Waals surface area (Å²) in [5, 5.41) is 6.19. The van der Waals surface area contributed by atoms with Crippen LogP contribution in [0.1, 0.15) is 17.0 Å². The van der Waals surface area contributed by atoms with E-state index in [0.717, 1.165) is 0 Å². The summed E-state index contributed by atoms with van der Waals surface area (Å²) in [6.07, 6.45) is 3.75. The molecule has 3 rings (SSSR count). The lowest BCUT2D eigenvalue weighted by molar-refractivity contribution is 0.0774. The molecule has 0 radical (unpaired) electrons. The maximum absolute atomic E-state index is 13.8. The highest BCUT2D eigenvalue weighted by atomic mass is 19.1. The first-order valence-electron chi connectivity index (χ1n) is 6.92. The fourth-order valence-electron chi connectivity index (χ4n) is 2.66. The van der Waals surface area contributed by atoms with Crippen LogP contribution in [-0.2, 0) is 0 Å². The summed E-state index contributed by atoms with van der Waals surface area (Å²) in [6.45, 7) is 0.649. The maximum atomic E-state index is 13.8. The number of hydrogen-bond acceptors (Lipinski definition) is 6. The van der Waals surface area contributed by atoms with Crippen molar-refractivity contribution in [2.45, 2.75) is 18.6 Å². The van der Waals surface area contributed by atoms with Crippen LogP contribution < -0.4 is 4.90 Å². The van der Waals surface area contributed by atoms with Crippen molar-refractivity contribution in [2.75, 3.05) is 25.0 Å². The molecule has 9 heteroatoms. The zero-order valence-electron chi connectivity index (χ0n) is 12.1. The molecule has 1 saturated heterocycles. The second kappa shape index (κ2) is 6.04. The van der Waals surface area contributed by atoms with E-state index < -0.39 is 6.17 Å². The second-order valence-electron chi connectivity index (χ2n) is 5.23. The Bertz CT molecular complexity index is 621. The van der Waals surface area contributed by atoms with Gasteiger partial charge in [0.1, 0.15) is 24.6 Å². The van der Waals surface area contributed by atoms with Gasteiger partial charge in [0, 0.05) is 26.2 Å². The predicted octanol–water partition coefficient (Wildman–Crippen LogP) is 0.284. The van der Waals surface area contributed by atoms with E-state index in [0.29, 0.717) is 18.8 Å². The van der Waals surface area contributed by atoms with Gasteiger partial charge in [0.2, 0.25) is 5.82 Å². The minimum absolute atomic E-state index is 0.137. The molecular formula is C13H16FN7O. The van der Waals surface area contributed by atoms with Crippen molar-refractivity contribution in [3.8, 4) is 0 Å². The lowest BCUT2D eigenvalue weighted by Crippen LogP contribution is -2.42. The standard InChI is InChI=1S/C13H16FN7O/c1-20(13(22)12-17-8-18-19-12)6-10-4-9(14)5-21(10)11-2-3-15-7-16-11/h2-3,7-10H,4-6H2,1H3,(H,17,18,19)/t9-,10-/m0/s1. The van der Waals surface area contributed by atoms with Crippen molar-refractivity contribution in [3.63, 3.8) is 0 Å². The number of carbonyl (C=O) groups is 1. The molecule has 2 aromatic rings. The molecular weight excluding hydrogens is 289 g/mol. The first-order valence-corrected chi connectivity index (χ1v) is 6.92. The van der Waals surface area contributed by atoms with E-state index in [1.165, 1.54) is 17.6 Å². The van der Waals surface area contributed by atoms with Crippen LogP contribution in [0.15, 0.2) is 24.9 Å². The van der Waals surface area contributed by atoms with E-state index in [1.807, 2.05) is 4.90 Å². The number of aromatic amines is 1. The Balaban J connectivity index is 1.71. The number of H-pyrrole nitrogens is 1. The van der Waals surface area contributed by atoms with Gasteiger partial charge in [-0.15, -0.1) is 0 Å². The van der Waals surface area contributed by atoms with Crippen LogP contribution in [-0.4, -0.2) is 68.3 Å². The van der Waals surface area contributed by atoms with E-state index in [1.54, 1.807) is 19.3 Å². The van der Waals surface area contributed by atoms with Gasteiger partial charge in [0.05, 0.1) is 12.6 Å². The topological polar surface area (TPSA) is 90.9 Å². The Morgan fingerprint density at radius 2 is 2.36 bits per heavy atom. The minimum atomic E-state index is -0.936. The Kier molecular flexibility index (Phi) is 3.94. The number of likely N-dealkylation sites (N-methyl/N-ethyl adjacent to an activating group) is 1. The highest BCUT2D eigenvalue weighted by Crippen LogP contribution is 2.26. The SMILES string of the molecule is CN(C[C@@H]1C[C@H](F)CN1c1ccncn1)C(=O)c1ncn[nH]1. The third-order valence-electron chi connectivity index (χ3n) is 3.67. The fourth-order valence-corrected chi connectivity index (χ4v) is 2.66. The average molecular weight is 305 g/mol. The van der Waals surface area contributed by atoms with Crippen molar-refractivity contribution in [1.29, 1.82) is 0 Å². The van der Waals surface area contributed by atoms with Crippen LogP contribution >= 0.6 is 0 Å². The number of amides is 1. The van der Waals surface area contributed by atoms with Crippen molar-refractivity contribution >= 4 is 11.7 Å². The van der Waals surface area contributed by atoms with Gasteiger partial charge in [0.25, 0.3) is 5.91 Å². The van der Waals surface area contributed by atoms with Gasteiger partial charge in [-0.05, 0) is 6.07 Å². The summed E-state index contributed by atoms with van der Waals surface area (Å²) in [5.41, 5.74) is 0. The number of anilines is 1. The first-order chi connectivity index (χ1) is 10.6. The summed E-state index contributed by atoms with van der Waals surface area (Å²) in [5.74, 6) is 0.564. The molecule has 1 fully saturated rings. The number of nitrogens with one attached hydrogen (secondary N) is 1. The average Bonchev–Trinajstić information content (AvgIpc) is 3.17. The second-order valence-corrected chi connectivity index (χ2v) is 5.23. The van der Waals surface area contributed by atoms with Gasteiger partial charge in [-0.2, -0.15) is 5.10 Å². The van der Waals surface area contributed by atoms with Crippen molar-refractivity contribution < 1.29 is 9.18 Å². The van der Waals surface area contributed by atoms with E-state index in [4.69, 9.17) is 0 Å². The molecule has 2 atom stereocenters. The molecule has 1 aliphatic rings. The molecule has 0 unspecified atom stereocenters. The Morgan fingerprint density at radius 3 is 3.05 bits per heavy atom. The molecule has 0 aliphatic carbocycles. The molecule has 1 N–H and O–H groups in total. The van der Waals surface area contributed by atoms with Gasteiger partial charge in [-0.1, -0.05) is 0 Å². The highest BCUT2D eigenvalue weighted by Gasteiger charge is 2.34. The largest absolute Gasteiger partial charge is 0.349 e. The maximum Gasteiger partial charge on any atom is 0.290 e. The van der Waals surface area contributed by atoms with E-state index in [2.05, 4.69) is 25.1 Å². The smallest absolute Gasteiger partial charge is 0.290 e. The number of rotatable bonds is 4. The minimum Gasteiger partial charge on any atom is -0.349 e. The lowest BCUT2D eigenvalue weighted by Gasteiger charge is -2.28. The van der Waals surface area contributed by atoms with Gasteiger partial charge in [0.15, 0.2) is 0 Å². The lowest BCUT2D eigenvalue weighted by atomic mass is 10.2. The Hall–Kier alpha value is -2.58. The molecule has 0 aromatic carbocycles. The zero-order chi connectivity index (χ0) is 15.5. The summed E-state index contributed by atoms with van der Waals surface area (Å²) in [6, 6.07) is 1.60. The quantitative estimate of drug-likeness (QED) is 0.872.